The van der Waals surface area contributed by atoms with Crippen LogP contribution in [0.15, 0.2) is 30.5 Å². The van der Waals surface area contributed by atoms with E-state index in [0.717, 1.165) is 12.2 Å². The van der Waals surface area contributed by atoms with E-state index >= 15 is 0 Å². The first-order chi connectivity index (χ1) is 9.52. The number of hydrogen-bond donors (Lipinski definition) is 1. The van der Waals surface area contributed by atoms with Crippen LogP contribution in [-0.2, 0) is 0 Å². The summed E-state index contributed by atoms with van der Waals surface area (Å²) in [6.07, 6.45) is 1.64. The molecule has 1 atom stereocenters. The molecule has 1 unspecified atom stereocenters. The molecule has 0 fully saturated rings. The third-order valence-corrected chi connectivity index (χ3v) is 3.77. The Kier molecular flexibility index (Phi) is 5.03. The maximum atomic E-state index is 6.32. The van der Waals surface area contributed by atoms with Crippen molar-refractivity contribution in [3.05, 3.63) is 62.9 Å². The van der Waals surface area contributed by atoms with Gasteiger partial charge in [-0.3, -0.25) is 4.98 Å². The summed E-state index contributed by atoms with van der Waals surface area (Å²) in [7, 11) is 0. The van der Waals surface area contributed by atoms with E-state index in [1.165, 1.54) is 16.7 Å². The predicted molar refractivity (Wildman–Crippen MR) is 85.7 cm³/mol. The van der Waals surface area contributed by atoms with Gasteiger partial charge in [0.15, 0.2) is 0 Å². The van der Waals surface area contributed by atoms with Crippen molar-refractivity contribution in [2.75, 3.05) is 6.54 Å². The highest BCUT2D eigenvalue weighted by atomic mass is 35.5. The van der Waals surface area contributed by atoms with Gasteiger partial charge in [0.1, 0.15) is 0 Å². The number of hydrogen-bond acceptors (Lipinski definition) is 2. The van der Waals surface area contributed by atoms with Gasteiger partial charge in [0.05, 0.1) is 21.8 Å². The number of rotatable bonds is 4. The van der Waals surface area contributed by atoms with Crippen LogP contribution in [0.3, 0.4) is 0 Å². The van der Waals surface area contributed by atoms with Gasteiger partial charge in [0.2, 0.25) is 0 Å². The highest BCUT2D eigenvalue weighted by Gasteiger charge is 2.19. The molecule has 2 nitrogen and oxygen atoms in total. The van der Waals surface area contributed by atoms with E-state index in [-0.39, 0.29) is 6.04 Å². The van der Waals surface area contributed by atoms with Crippen LogP contribution in [0.5, 0.6) is 0 Å². The standard InChI is InChI=1S/C16H18Cl2N2/c1-4-19-15(13-7-10(2)5-6-11(13)3)16-14(18)8-12(17)9-20-16/h5-9,15,19H,4H2,1-3H3. The molecule has 0 aliphatic heterocycles. The van der Waals surface area contributed by atoms with Crippen LogP contribution < -0.4 is 5.32 Å². The number of aromatic nitrogens is 1. The quantitative estimate of drug-likeness (QED) is 0.885. The minimum atomic E-state index is -0.0235. The Morgan fingerprint density at radius 3 is 2.60 bits per heavy atom. The smallest absolute Gasteiger partial charge is 0.0805 e. The molecule has 0 aliphatic carbocycles. The molecule has 0 saturated carbocycles. The zero-order valence-corrected chi connectivity index (χ0v) is 13.4. The van der Waals surface area contributed by atoms with E-state index in [1.54, 1.807) is 12.3 Å². The zero-order chi connectivity index (χ0) is 14.7. The second-order valence-electron chi connectivity index (χ2n) is 4.87. The first-order valence-electron chi connectivity index (χ1n) is 6.64. The molecule has 0 radical (unpaired) electrons. The van der Waals surface area contributed by atoms with Crippen LogP contribution in [0.4, 0.5) is 0 Å². The average Bonchev–Trinajstić information content (AvgIpc) is 2.40. The first-order valence-corrected chi connectivity index (χ1v) is 7.40. The minimum absolute atomic E-state index is 0.0235. The van der Waals surface area contributed by atoms with Gasteiger partial charge in [-0.05, 0) is 37.6 Å². The summed E-state index contributed by atoms with van der Waals surface area (Å²) in [6, 6.07) is 8.12. The first kappa shape index (κ1) is 15.3. The molecule has 1 N–H and O–H groups in total. The van der Waals surface area contributed by atoms with Crippen molar-refractivity contribution in [3.8, 4) is 0 Å². The van der Waals surface area contributed by atoms with Crippen molar-refractivity contribution in [2.45, 2.75) is 26.8 Å². The fourth-order valence-electron chi connectivity index (χ4n) is 2.27. The Morgan fingerprint density at radius 1 is 1.20 bits per heavy atom. The lowest BCUT2D eigenvalue weighted by molar-refractivity contribution is 0.612. The summed E-state index contributed by atoms with van der Waals surface area (Å²) in [5, 5.41) is 4.59. The van der Waals surface area contributed by atoms with Gasteiger partial charge < -0.3 is 5.32 Å². The Morgan fingerprint density at radius 2 is 1.95 bits per heavy atom. The van der Waals surface area contributed by atoms with E-state index in [1.807, 2.05) is 0 Å². The van der Waals surface area contributed by atoms with Gasteiger partial charge in [-0.2, -0.15) is 0 Å². The van der Waals surface area contributed by atoms with Crippen LogP contribution in [0.1, 0.15) is 35.3 Å². The number of benzene rings is 1. The summed E-state index contributed by atoms with van der Waals surface area (Å²) < 4.78 is 0. The number of nitrogens with zero attached hydrogens (tertiary/aromatic N) is 1. The lowest BCUT2D eigenvalue weighted by Gasteiger charge is -2.21. The summed E-state index contributed by atoms with van der Waals surface area (Å²) in [5.41, 5.74) is 4.45. The van der Waals surface area contributed by atoms with Crippen LogP contribution in [0, 0.1) is 13.8 Å². The van der Waals surface area contributed by atoms with Gasteiger partial charge >= 0.3 is 0 Å². The lowest BCUT2D eigenvalue weighted by atomic mass is 9.96. The Labute approximate surface area is 130 Å². The number of halogens is 2. The number of pyridine rings is 1. The molecule has 0 amide bonds. The minimum Gasteiger partial charge on any atom is -0.305 e. The molecule has 1 aromatic heterocycles. The molecule has 0 spiro atoms. The molecule has 20 heavy (non-hydrogen) atoms. The van der Waals surface area contributed by atoms with Gasteiger partial charge in [0, 0.05) is 6.20 Å². The maximum absolute atomic E-state index is 6.32. The van der Waals surface area contributed by atoms with Crippen molar-refractivity contribution in [1.29, 1.82) is 0 Å². The summed E-state index contributed by atoms with van der Waals surface area (Å²) >= 11 is 12.2. The Hall–Kier alpha value is -1.09. The van der Waals surface area contributed by atoms with Gasteiger partial charge in [0.25, 0.3) is 0 Å². The van der Waals surface area contributed by atoms with Crippen LogP contribution in [0.25, 0.3) is 0 Å². The monoisotopic (exact) mass is 308 g/mol. The molecule has 4 heteroatoms. The third-order valence-electron chi connectivity index (χ3n) is 3.26. The average molecular weight is 309 g/mol. The second kappa shape index (κ2) is 6.57. The third kappa shape index (κ3) is 3.32. The molecule has 0 saturated heterocycles. The van der Waals surface area contributed by atoms with Gasteiger partial charge in [-0.25, -0.2) is 0 Å². The molecule has 0 aliphatic rings. The maximum Gasteiger partial charge on any atom is 0.0805 e. The molecule has 2 aromatic rings. The fraction of sp³-hybridized carbons (Fsp3) is 0.312. The predicted octanol–water partition coefficient (Wildman–Crippen LogP) is 4.70. The highest BCUT2D eigenvalue weighted by Crippen LogP contribution is 2.30. The SMILES string of the molecule is CCNC(c1cc(C)ccc1C)c1ncc(Cl)cc1Cl. The van der Waals surface area contributed by atoms with Crippen molar-refractivity contribution < 1.29 is 0 Å². The van der Waals surface area contributed by atoms with Crippen molar-refractivity contribution in [2.24, 2.45) is 0 Å². The molecule has 1 aromatic carbocycles. The Balaban J connectivity index is 2.53. The molecular weight excluding hydrogens is 291 g/mol. The lowest BCUT2D eigenvalue weighted by Crippen LogP contribution is -2.24. The van der Waals surface area contributed by atoms with E-state index in [4.69, 9.17) is 23.2 Å². The van der Waals surface area contributed by atoms with Crippen LogP contribution in [0.2, 0.25) is 10.0 Å². The summed E-state index contributed by atoms with van der Waals surface area (Å²) in [6.45, 7) is 7.09. The van der Waals surface area contributed by atoms with Gasteiger partial charge in [-0.1, -0.05) is 53.9 Å². The molecule has 106 valence electrons. The molecule has 0 bridgehead atoms. The van der Waals surface area contributed by atoms with Crippen molar-refractivity contribution >= 4 is 23.2 Å². The van der Waals surface area contributed by atoms with E-state index in [0.29, 0.717) is 10.0 Å². The fourth-order valence-corrected chi connectivity index (χ4v) is 2.76. The van der Waals surface area contributed by atoms with Crippen molar-refractivity contribution in [3.63, 3.8) is 0 Å². The topological polar surface area (TPSA) is 24.9 Å². The summed E-state index contributed by atoms with van der Waals surface area (Å²) in [5.74, 6) is 0. The summed E-state index contributed by atoms with van der Waals surface area (Å²) in [4.78, 5) is 4.42. The number of aryl methyl sites for hydroxylation is 2. The molecular formula is C16H18Cl2N2. The normalized spacial score (nSPS) is 12.4. The molecule has 1 heterocycles. The molecule has 2 rings (SSSR count). The van der Waals surface area contributed by atoms with Crippen molar-refractivity contribution in [1.82, 2.24) is 10.3 Å². The van der Waals surface area contributed by atoms with Crippen LogP contribution in [-0.4, -0.2) is 11.5 Å². The van der Waals surface area contributed by atoms with E-state index in [2.05, 4.69) is 49.3 Å². The van der Waals surface area contributed by atoms with Crippen LogP contribution >= 0.6 is 23.2 Å². The largest absolute Gasteiger partial charge is 0.305 e. The number of nitrogens with one attached hydrogen (secondary N) is 1. The van der Waals surface area contributed by atoms with E-state index in [9.17, 15) is 0 Å². The highest BCUT2D eigenvalue weighted by molar-refractivity contribution is 6.34. The van der Waals surface area contributed by atoms with Gasteiger partial charge in [-0.15, -0.1) is 0 Å². The second-order valence-corrected chi connectivity index (χ2v) is 5.71. The Bertz CT molecular complexity index is 611. The van der Waals surface area contributed by atoms with E-state index < -0.39 is 0 Å². The zero-order valence-electron chi connectivity index (χ0n) is 11.9.